The van der Waals surface area contributed by atoms with Gasteiger partial charge >= 0.3 is 0 Å². The van der Waals surface area contributed by atoms with Gasteiger partial charge in [-0.25, -0.2) is 4.68 Å². The number of rotatable bonds is 10. The van der Waals surface area contributed by atoms with E-state index in [1.165, 1.54) is 16.8 Å². The van der Waals surface area contributed by atoms with Crippen LogP contribution in [-0.4, -0.2) is 41.4 Å². The molecule has 0 unspecified atom stereocenters. The van der Waals surface area contributed by atoms with Gasteiger partial charge in [0.2, 0.25) is 0 Å². The standard InChI is InChI=1S/C23H24N4O5/c1-2-24-21(28)16-32-19-10-6-7-17(15-19)25-23(30)20-11-12-22(29)27(26-20)13-14-31-18-8-4-3-5-9-18/h3-12,15H,2,13-14,16H2,1H3,(H,24,28)(H,25,30). The maximum absolute atomic E-state index is 12.6. The fourth-order valence-corrected chi connectivity index (χ4v) is 2.75. The predicted octanol–water partition coefficient (Wildman–Crippen LogP) is 2.09. The molecule has 0 fully saturated rings. The van der Waals surface area contributed by atoms with E-state index in [0.717, 1.165) is 0 Å². The number of carbonyl (C=O) groups is 2. The number of nitrogens with one attached hydrogen (secondary N) is 2. The first-order valence-electron chi connectivity index (χ1n) is 10.1. The maximum Gasteiger partial charge on any atom is 0.276 e. The Morgan fingerprint density at radius 1 is 0.969 bits per heavy atom. The molecule has 1 heterocycles. The highest BCUT2D eigenvalue weighted by Crippen LogP contribution is 2.18. The number of anilines is 1. The Hall–Kier alpha value is -4.14. The van der Waals surface area contributed by atoms with Crippen LogP contribution in [0.4, 0.5) is 5.69 Å². The molecule has 2 N–H and O–H groups in total. The highest BCUT2D eigenvalue weighted by molar-refractivity contribution is 6.02. The number of hydrogen-bond acceptors (Lipinski definition) is 6. The highest BCUT2D eigenvalue weighted by Gasteiger charge is 2.11. The number of benzene rings is 2. The Labute approximate surface area is 185 Å². The lowest BCUT2D eigenvalue weighted by Crippen LogP contribution is -2.28. The second-order valence-electron chi connectivity index (χ2n) is 6.67. The van der Waals surface area contributed by atoms with Crippen molar-refractivity contribution >= 4 is 17.5 Å². The van der Waals surface area contributed by atoms with Crippen LogP contribution in [0.1, 0.15) is 17.4 Å². The van der Waals surface area contributed by atoms with E-state index in [4.69, 9.17) is 9.47 Å². The third kappa shape index (κ3) is 6.69. The van der Waals surface area contributed by atoms with Crippen LogP contribution >= 0.6 is 0 Å². The molecule has 0 aliphatic heterocycles. The van der Waals surface area contributed by atoms with Gasteiger partial charge in [0.25, 0.3) is 17.4 Å². The summed E-state index contributed by atoms with van der Waals surface area (Å²) < 4.78 is 12.2. The van der Waals surface area contributed by atoms with Crippen LogP contribution in [0, 0.1) is 0 Å². The largest absolute Gasteiger partial charge is 0.492 e. The van der Waals surface area contributed by atoms with Gasteiger partial charge in [0.15, 0.2) is 6.61 Å². The van der Waals surface area contributed by atoms with Crippen LogP contribution in [0.3, 0.4) is 0 Å². The molecule has 1 aromatic heterocycles. The predicted molar refractivity (Wildman–Crippen MR) is 119 cm³/mol. The maximum atomic E-state index is 12.6. The van der Waals surface area contributed by atoms with Crippen molar-refractivity contribution in [2.75, 3.05) is 25.1 Å². The quantitative estimate of drug-likeness (QED) is 0.503. The number of nitrogens with zero attached hydrogens (tertiary/aromatic N) is 2. The Kier molecular flexibility index (Phi) is 7.96. The van der Waals surface area contributed by atoms with E-state index in [1.807, 2.05) is 37.3 Å². The monoisotopic (exact) mass is 436 g/mol. The molecule has 0 atom stereocenters. The average Bonchev–Trinajstić information content (AvgIpc) is 2.80. The molecule has 3 aromatic rings. The Morgan fingerprint density at radius 2 is 1.75 bits per heavy atom. The molecule has 0 bridgehead atoms. The van der Waals surface area contributed by atoms with Gasteiger partial charge in [0.05, 0.1) is 6.54 Å². The summed E-state index contributed by atoms with van der Waals surface area (Å²) in [5, 5.41) is 9.48. The molecule has 32 heavy (non-hydrogen) atoms. The van der Waals surface area contributed by atoms with Crippen molar-refractivity contribution in [1.29, 1.82) is 0 Å². The van der Waals surface area contributed by atoms with Gasteiger partial charge in [-0.15, -0.1) is 0 Å². The summed E-state index contributed by atoms with van der Waals surface area (Å²) in [7, 11) is 0. The van der Waals surface area contributed by atoms with E-state index in [9.17, 15) is 14.4 Å². The van der Waals surface area contributed by atoms with Gasteiger partial charge in [0, 0.05) is 24.4 Å². The van der Waals surface area contributed by atoms with Crippen molar-refractivity contribution in [3.8, 4) is 11.5 Å². The lowest BCUT2D eigenvalue weighted by Gasteiger charge is -2.10. The Morgan fingerprint density at radius 3 is 2.53 bits per heavy atom. The van der Waals surface area contributed by atoms with Gasteiger partial charge in [-0.2, -0.15) is 5.10 Å². The van der Waals surface area contributed by atoms with Crippen molar-refractivity contribution in [3.63, 3.8) is 0 Å². The molecule has 2 aromatic carbocycles. The molecule has 9 heteroatoms. The number of carbonyl (C=O) groups excluding carboxylic acids is 2. The minimum atomic E-state index is -0.483. The number of likely N-dealkylation sites (N-methyl/N-ethyl adjacent to an activating group) is 1. The topological polar surface area (TPSA) is 112 Å². The highest BCUT2D eigenvalue weighted by atomic mass is 16.5. The number of amides is 2. The molecule has 0 saturated heterocycles. The van der Waals surface area contributed by atoms with E-state index in [1.54, 1.807) is 24.3 Å². The molecule has 0 aliphatic rings. The average molecular weight is 436 g/mol. The molecule has 2 amide bonds. The van der Waals surface area contributed by atoms with Crippen LogP contribution in [0.15, 0.2) is 71.5 Å². The minimum Gasteiger partial charge on any atom is -0.492 e. The summed E-state index contributed by atoms with van der Waals surface area (Å²) in [5.74, 6) is 0.405. The molecule has 0 spiro atoms. The van der Waals surface area contributed by atoms with Crippen molar-refractivity contribution in [3.05, 3.63) is 82.8 Å². The number of aromatic nitrogens is 2. The summed E-state index contributed by atoms with van der Waals surface area (Å²) in [5.41, 5.74) is 0.215. The Bertz CT molecular complexity index is 1110. The summed E-state index contributed by atoms with van der Waals surface area (Å²) in [6, 6.07) is 18.5. The van der Waals surface area contributed by atoms with Crippen molar-refractivity contribution in [2.45, 2.75) is 13.5 Å². The second-order valence-corrected chi connectivity index (χ2v) is 6.67. The van der Waals surface area contributed by atoms with Crippen LogP contribution in [-0.2, 0) is 11.3 Å². The molecule has 166 valence electrons. The smallest absolute Gasteiger partial charge is 0.276 e. The summed E-state index contributed by atoms with van der Waals surface area (Å²) in [4.78, 5) is 36.2. The number of para-hydroxylation sites is 1. The lowest BCUT2D eigenvalue weighted by atomic mass is 10.3. The fourth-order valence-electron chi connectivity index (χ4n) is 2.75. The van der Waals surface area contributed by atoms with Crippen LogP contribution in [0.5, 0.6) is 11.5 Å². The van der Waals surface area contributed by atoms with E-state index in [-0.39, 0.29) is 36.9 Å². The first-order valence-corrected chi connectivity index (χ1v) is 10.1. The minimum absolute atomic E-state index is 0.0814. The molecule has 9 nitrogen and oxygen atoms in total. The van der Waals surface area contributed by atoms with E-state index in [0.29, 0.717) is 23.7 Å². The van der Waals surface area contributed by atoms with Crippen LogP contribution in [0.25, 0.3) is 0 Å². The van der Waals surface area contributed by atoms with Crippen molar-refractivity contribution < 1.29 is 19.1 Å². The zero-order chi connectivity index (χ0) is 22.8. The van der Waals surface area contributed by atoms with Gasteiger partial charge < -0.3 is 20.1 Å². The molecule has 0 aliphatic carbocycles. The summed E-state index contributed by atoms with van der Waals surface area (Å²) in [6.07, 6.45) is 0. The second kappa shape index (κ2) is 11.3. The molecular formula is C23H24N4O5. The number of hydrogen-bond donors (Lipinski definition) is 2. The summed E-state index contributed by atoms with van der Waals surface area (Å²) in [6.45, 7) is 2.64. The molecule has 0 saturated carbocycles. The van der Waals surface area contributed by atoms with Gasteiger partial charge in [0.1, 0.15) is 23.8 Å². The SMILES string of the molecule is CCNC(=O)COc1cccc(NC(=O)c2ccc(=O)n(CCOc3ccccc3)n2)c1. The van der Waals surface area contributed by atoms with Gasteiger partial charge in [-0.1, -0.05) is 24.3 Å². The normalized spacial score (nSPS) is 10.3. The molecule has 3 rings (SSSR count). The third-order valence-corrected chi connectivity index (χ3v) is 4.25. The first kappa shape index (κ1) is 22.5. The lowest BCUT2D eigenvalue weighted by molar-refractivity contribution is -0.122. The first-order chi connectivity index (χ1) is 15.5. The van der Waals surface area contributed by atoms with Crippen molar-refractivity contribution in [2.24, 2.45) is 0 Å². The van der Waals surface area contributed by atoms with Crippen LogP contribution in [0.2, 0.25) is 0 Å². The van der Waals surface area contributed by atoms with Gasteiger partial charge in [-0.3, -0.25) is 14.4 Å². The van der Waals surface area contributed by atoms with Gasteiger partial charge in [-0.05, 0) is 37.3 Å². The third-order valence-electron chi connectivity index (χ3n) is 4.25. The zero-order valence-electron chi connectivity index (χ0n) is 17.6. The number of ether oxygens (including phenoxy) is 2. The van der Waals surface area contributed by atoms with E-state index < -0.39 is 5.91 Å². The fraction of sp³-hybridized carbons (Fsp3) is 0.217. The van der Waals surface area contributed by atoms with E-state index >= 15 is 0 Å². The summed E-state index contributed by atoms with van der Waals surface area (Å²) >= 11 is 0. The van der Waals surface area contributed by atoms with E-state index in [2.05, 4.69) is 15.7 Å². The Balaban J connectivity index is 1.60. The molecule has 0 radical (unpaired) electrons. The van der Waals surface area contributed by atoms with Crippen LogP contribution < -0.4 is 25.7 Å². The molecular weight excluding hydrogens is 412 g/mol. The van der Waals surface area contributed by atoms with Crippen molar-refractivity contribution in [1.82, 2.24) is 15.1 Å². The zero-order valence-corrected chi connectivity index (χ0v) is 17.6.